The number of aliphatic imine (C=N–C) groups is 1. The first kappa shape index (κ1) is 22.9. The molecule has 2 saturated heterocycles. The normalized spacial score (nSPS) is 19.3. The van der Waals surface area contributed by atoms with E-state index in [-0.39, 0.29) is 30.0 Å². The third-order valence-electron chi connectivity index (χ3n) is 5.85. The Morgan fingerprint density at radius 1 is 1.07 bits per heavy atom. The maximum absolute atomic E-state index is 12.6. The van der Waals surface area contributed by atoms with Gasteiger partial charge in [0.05, 0.1) is 6.04 Å². The number of hydrogen-bond donors (Lipinski definition) is 1. The van der Waals surface area contributed by atoms with Crippen molar-refractivity contribution in [1.82, 2.24) is 20.0 Å². The minimum Gasteiger partial charge on any atom is -0.352 e. The van der Waals surface area contributed by atoms with Crippen LogP contribution in [0.1, 0.15) is 30.9 Å². The molecule has 0 bridgehead atoms. The van der Waals surface area contributed by atoms with Crippen LogP contribution < -0.4 is 5.32 Å². The number of likely N-dealkylation sites (tertiary alicyclic amines) is 1. The van der Waals surface area contributed by atoms with E-state index in [1.165, 1.54) is 11.1 Å². The van der Waals surface area contributed by atoms with Gasteiger partial charge < -0.3 is 15.1 Å². The lowest BCUT2D eigenvalue weighted by Gasteiger charge is -2.39. The second kappa shape index (κ2) is 11.0. The smallest absolute Gasteiger partial charge is 0.239 e. The van der Waals surface area contributed by atoms with Gasteiger partial charge in [-0.15, -0.1) is 24.0 Å². The second-order valence-corrected chi connectivity index (χ2v) is 7.56. The van der Waals surface area contributed by atoms with Crippen LogP contribution in [0.15, 0.2) is 29.3 Å². The monoisotopic (exact) mass is 499 g/mol. The van der Waals surface area contributed by atoms with Crippen LogP contribution in [-0.2, 0) is 11.3 Å². The van der Waals surface area contributed by atoms with Gasteiger partial charge in [0.1, 0.15) is 0 Å². The molecule has 2 aliphatic rings. The Bertz CT molecular complexity index is 667. The van der Waals surface area contributed by atoms with E-state index in [1.807, 2.05) is 11.9 Å². The maximum atomic E-state index is 12.6. The molecule has 2 aliphatic heterocycles. The van der Waals surface area contributed by atoms with Gasteiger partial charge in [-0.1, -0.05) is 24.3 Å². The number of nitrogens with one attached hydrogen (secondary N) is 1. The van der Waals surface area contributed by atoms with Gasteiger partial charge >= 0.3 is 0 Å². The Balaban J connectivity index is 0.00000280. The van der Waals surface area contributed by atoms with Crippen molar-refractivity contribution in [2.75, 3.05) is 46.3 Å². The summed E-state index contributed by atoms with van der Waals surface area (Å²) >= 11 is 0. The highest BCUT2D eigenvalue weighted by atomic mass is 127. The van der Waals surface area contributed by atoms with Gasteiger partial charge in [-0.25, -0.2) is 0 Å². The highest BCUT2D eigenvalue weighted by molar-refractivity contribution is 14.0. The Morgan fingerprint density at radius 2 is 1.71 bits per heavy atom. The van der Waals surface area contributed by atoms with Crippen LogP contribution in [0.3, 0.4) is 0 Å². The fraction of sp³-hybridized carbons (Fsp3) is 0.619. The molecule has 0 aromatic heterocycles. The minimum atomic E-state index is -0.0211. The zero-order valence-corrected chi connectivity index (χ0v) is 19.7. The Labute approximate surface area is 186 Å². The molecule has 1 unspecified atom stereocenters. The van der Waals surface area contributed by atoms with E-state index in [1.54, 1.807) is 0 Å². The SMILES string of the molecule is CN=C(NCc1ccccc1C)N1CCN(C(C)C(=O)N2CCCC2)CC1.I. The number of benzene rings is 1. The van der Waals surface area contributed by atoms with Crippen molar-refractivity contribution in [2.45, 2.75) is 39.3 Å². The van der Waals surface area contributed by atoms with Gasteiger partial charge in [0.15, 0.2) is 5.96 Å². The maximum Gasteiger partial charge on any atom is 0.239 e. The molecule has 0 saturated carbocycles. The molecule has 7 heteroatoms. The summed E-state index contributed by atoms with van der Waals surface area (Å²) < 4.78 is 0. The average molecular weight is 499 g/mol. The van der Waals surface area contributed by atoms with Crippen molar-refractivity contribution in [3.8, 4) is 0 Å². The third-order valence-corrected chi connectivity index (χ3v) is 5.85. The van der Waals surface area contributed by atoms with E-state index < -0.39 is 0 Å². The van der Waals surface area contributed by atoms with E-state index in [0.29, 0.717) is 5.91 Å². The van der Waals surface area contributed by atoms with Gasteiger partial charge in [0.25, 0.3) is 0 Å². The van der Waals surface area contributed by atoms with Crippen molar-refractivity contribution in [3.05, 3.63) is 35.4 Å². The van der Waals surface area contributed by atoms with Crippen LogP contribution in [0.25, 0.3) is 0 Å². The summed E-state index contributed by atoms with van der Waals surface area (Å²) in [5.74, 6) is 1.24. The predicted octanol–water partition coefficient (Wildman–Crippen LogP) is 2.32. The van der Waals surface area contributed by atoms with Crippen LogP contribution in [0, 0.1) is 6.92 Å². The first-order valence-corrected chi connectivity index (χ1v) is 10.1. The second-order valence-electron chi connectivity index (χ2n) is 7.56. The largest absolute Gasteiger partial charge is 0.352 e. The van der Waals surface area contributed by atoms with Crippen molar-refractivity contribution >= 4 is 35.8 Å². The standard InChI is InChI=1S/C21H33N5O.HI/c1-17-8-4-5-9-19(17)16-23-21(22-3)26-14-12-24(13-15-26)18(2)20(27)25-10-6-7-11-25;/h4-5,8-9,18H,6-7,10-16H2,1-3H3,(H,22,23);1H. The molecule has 1 atom stereocenters. The van der Waals surface area contributed by atoms with Crippen molar-refractivity contribution in [3.63, 3.8) is 0 Å². The molecular formula is C21H34IN5O. The van der Waals surface area contributed by atoms with Gasteiger partial charge in [0.2, 0.25) is 5.91 Å². The Morgan fingerprint density at radius 3 is 2.32 bits per heavy atom. The highest BCUT2D eigenvalue weighted by Crippen LogP contribution is 2.14. The van der Waals surface area contributed by atoms with E-state index in [4.69, 9.17) is 0 Å². The summed E-state index contributed by atoms with van der Waals surface area (Å²) in [5.41, 5.74) is 2.58. The number of halogens is 1. The number of rotatable bonds is 4. The molecule has 2 fully saturated rings. The summed E-state index contributed by atoms with van der Waals surface area (Å²) in [6, 6.07) is 8.41. The molecule has 0 aliphatic carbocycles. The van der Waals surface area contributed by atoms with E-state index in [0.717, 1.165) is 64.6 Å². The summed E-state index contributed by atoms with van der Waals surface area (Å²) in [4.78, 5) is 23.7. The average Bonchev–Trinajstić information content (AvgIpc) is 3.24. The quantitative estimate of drug-likeness (QED) is 0.393. The topological polar surface area (TPSA) is 51.2 Å². The molecule has 1 aromatic rings. The number of hydrogen-bond acceptors (Lipinski definition) is 3. The van der Waals surface area contributed by atoms with Crippen molar-refractivity contribution in [1.29, 1.82) is 0 Å². The fourth-order valence-electron chi connectivity index (χ4n) is 3.99. The Hall–Kier alpha value is -1.35. The number of carbonyl (C=O) groups excluding carboxylic acids is 1. The molecule has 0 radical (unpaired) electrons. The summed E-state index contributed by atoms with van der Waals surface area (Å²) in [6.45, 7) is 10.4. The lowest BCUT2D eigenvalue weighted by molar-refractivity contribution is -0.135. The third kappa shape index (κ3) is 5.59. The number of amides is 1. The van der Waals surface area contributed by atoms with Crippen LogP contribution in [0.2, 0.25) is 0 Å². The zero-order chi connectivity index (χ0) is 19.2. The van der Waals surface area contributed by atoms with Crippen LogP contribution in [-0.4, -0.2) is 78.9 Å². The molecule has 1 aromatic carbocycles. The first-order valence-electron chi connectivity index (χ1n) is 10.1. The van der Waals surface area contributed by atoms with Gasteiger partial charge in [-0.3, -0.25) is 14.7 Å². The molecule has 156 valence electrons. The molecule has 6 nitrogen and oxygen atoms in total. The molecule has 0 spiro atoms. The van der Waals surface area contributed by atoms with Crippen molar-refractivity contribution in [2.24, 2.45) is 4.99 Å². The first-order chi connectivity index (χ1) is 13.1. The van der Waals surface area contributed by atoms with Crippen LogP contribution >= 0.6 is 24.0 Å². The fourth-order valence-corrected chi connectivity index (χ4v) is 3.99. The Kier molecular flexibility index (Phi) is 9.01. The number of aryl methyl sites for hydroxylation is 1. The molecule has 3 rings (SSSR count). The van der Waals surface area contributed by atoms with Crippen LogP contribution in [0.5, 0.6) is 0 Å². The lowest BCUT2D eigenvalue weighted by atomic mass is 10.1. The summed E-state index contributed by atoms with van der Waals surface area (Å²) in [7, 11) is 1.84. The predicted molar refractivity (Wildman–Crippen MR) is 125 cm³/mol. The molecule has 2 heterocycles. The van der Waals surface area contributed by atoms with Gasteiger partial charge in [-0.2, -0.15) is 0 Å². The van der Waals surface area contributed by atoms with Crippen LogP contribution in [0.4, 0.5) is 0 Å². The number of piperazine rings is 1. The van der Waals surface area contributed by atoms with E-state index in [9.17, 15) is 4.79 Å². The minimum absolute atomic E-state index is 0. The molecular weight excluding hydrogens is 465 g/mol. The highest BCUT2D eigenvalue weighted by Gasteiger charge is 2.30. The molecule has 1 amide bonds. The molecule has 28 heavy (non-hydrogen) atoms. The zero-order valence-electron chi connectivity index (χ0n) is 17.4. The van der Waals surface area contributed by atoms with E-state index >= 15 is 0 Å². The van der Waals surface area contributed by atoms with Gasteiger partial charge in [-0.05, 0) is 37.8 Å². The lowest BCUT2D eigenvalue weighted by Crippen LogP contribution is -2.57. The van der Waals surface area contributed by atoms with Crippen molar-refractivity contribution < 1.29 is 4.79 Å². The summed E-state index contributed by atoms with van der Waals surface area (Å²) in [5, 5.41) is 3.49. The number of nitrogens with zero attached hydrogens (tertiary/aromatic N) is 4. The summed E-state index contributed by atoms with van der Waals surface area (Å²) in [6.07, 6.45) is 2.30. The number of guanidine groups is 1. The van der Waals surface area contributed by atoms with Gasteiger partial charge in [0, 0.05) is 52.9 Å². The van der Waals surface area contributed by atoms with E-state index in [2.05, 4.69) is 58.2 Å². The molecule has 1 N–H and O–H groups in total. The number of carbonyl (C=O) groups is 1.